The van der Waals surface area contributed by atoms with Crippen LogP contribution in [0.15, 0.2) is 176 Å². The molecule has 0 aliphatic carbocycles. The number of H-pyrrole nitrogens is 3. The largest absolute Gasteiger partial charge is 0.456 e. The van der Waals surface area contributed by atoms with Crippen LogP contribution in [0.5, 0.6) is 23.3 Å². The molecule has 1 unspecified atom stereocenters. The highest BCUT2D eigenvalue weighted by Crippen LogP contribution is 2.54. The predicted molar refractivity (Wildman–Crippen MR) is 531 cm³/mol. The molecule has 8 aromatic heterocycles. The van der Waals surface area contributed by atoms with Gasteiger partial charge in [-0.3, -0.25) is 43.2 Å². The number of benzene rings is 6. The average Bonchev–Trinajstić information content (AvgIpc) is 1.43. The number of anilines is 5. The zero-order chi connectivity index (χ0) is 108. The van der Waals surface area contributed by atoms with Crippen molar-refractivity contribution < 1.29 is 98.2 Å². The average molecular weight is 2130 g/mol. The number of amides is 3. The fraction of sp³-hybridized carbons (Fsp3) is 0.239. The maximum absolute atomic E-state index is 14.7. The first-order valence-electron chi connectivity index (χ1n) is 42.4. The molecule has 762 valence electrons. The number of imidazole rings is 1. The maximum Gasteiger partial charge on any atom is 0.422 e. The normalized spacial score (nSPS) is 12.6. The van der Waals surface area contributed by atoms with E-state index in [9.17, 15) is 115 Å². The van der Waals surface area contributed by atoms with Crippen LogP contribution in [0.4, 0.5) is 64.5 Å². The molecule has 6 aromatic carbocycles. The first-order valence-corrected chi connectivity index (χ1v) is 51.6. The Bertz CT molecular complexity index is 8450. The molecular weight excluding hydrogens is 2040 g/mol. The number of carbonyl (C=O) groups is 4. The molecule has 15 rings (SSSR count). The molecule has 9 heterocycles. The van der Waals surface area contributed by atoms with E-state index in [2.05, 4.69) is 60.5 Å². The number of fused-ring (bicyclic) bond motifs is 4. The number of Topliss-reactive ketones (excluding diaryl/α,β-unsaturated/α-hetero) is 1. The van der Waals surface area contributed by atoms with Crippen molar-refractivity contribution in [2.24, 2.45) is 7.05 Å². The highest BCUT2D eigenvalue weighted by atomic mass is 32.2. The van der Waals surface area contributed by atoms with Gasteiger partial charge in [0.1, 0.15) is 84.8 Å². The number of halogens is 6. The molecule has 1 aliphatic rings. The fourth-order valence-electron chi connectivity index (χ4n) is 14.7. The van der Waals surface area contributed by atoms with Crippen molar-refractivity contribution in [3.63, 3.8) is 0 Å². The van der Waals surface area contributed by atoms with E-state index in [4.69, 9.17) is 19.0 Å². The third kappa shape index (κ3) is 24.3. The number of thioether (sulfide) groups is 1. The monoisotopic (exact) mass is 2120 g/mol. The number of rotatable bonds is 24. The summed E-state index contributed by atoms with van der Waals surface area (Å²) in [7, 11) is -4.93. The van der Waals surface area contributed by atoms with E-state index in [1.807, 2.05) is 12.1 Å². The molecule has 3 amide bonds. The Morgan fingerprint density at radius 1 is 0.582 bits per heavy atom. The summed E-state index contributed by atoms with van der Waals surface area (Å²) in [5.74, 6) is -3.73. The van der Waals surface area contributed by atoms with Gasteiger partial charge in [-0.2, -0.15) is 47.4 Å². The van der Waals surface area contributed by atoms with Gasteiger partial charge in [-0.1, -0.05) is 103 Å². The molecule has 54 heteroatoms. The number of hydrogen-bond donors (Lipinski definition) is 8. The number of alkyl halides is 6. The molecule has 42 nitrogen and oxygen atoms in total. The predicted octanol–water partition coefficient (Wildman–Crippen LogP) is 14.5. The number of nitrogens with zero attached hydrogens (tertiary/aromatic N) is 15. The molecule has 0 spiro atoms. The van der Waals surface area contributed by atoms with Crippen molar-refractivity contribution in [2.75, 3.05) is 91.5 Å². The van der Waals surface area contributed by atoms with E-state index in [1.54, 1.807) is 144 Å². The number of carbonyl (C=O) groups excluding carboxylic acids is 4. The fourth-order valence-corrected chi connectivity index (χ4v) is 18.9. The number of nitrogens with one attached hydrogen (secondary N) is 8. The van der Waals surface area contributed by atoms with E-state index >= 15 is 0 Å². The Kier molecular flexibility index (Phi) is 31.3. The molecule has 0 radical (unpaired) electrons. The quantitative estimate of drug-likeness (QED) is 0.0121. The van der Waals surface area contributed by atoms with Crippen molar-refractivity contribution in [3.8, 4) is 104 Å². The van der Waals surface area contributed by atoms with Gasteiger partial charge >= 0.3 is 41.8 Å². The Labute approximate surface area is 835 Å². The summed E-state index contributed by atoms with van der Waals surface area (Å²) in [5, 5.41) is 54.3. The first-order chi connectivity index (χ1) is 68.2. The smallest absolute Gasteiger partial charge is 0.422 e. The van der Waals surface area contributed by atoms with Crippen LogP contribution in [0, 0.1) is 59.2 Å². The topological polar surface area (TPSA) is 567 Å². The van der Waals surface area contributed by atoms with Gasteiger partial charge in [0.25, 0.3) is 5.56 Å². The molecule has 1 atom stereocenters. The second-order valence-electron chi connectivity index (χ2n) is 33.7. The van der Waals surface area contributed by atoms with Crippen LogP contribution in [0.25, 0.3) is 78.0 Å². The summed E-state index contributed by atoms with van der Waals surface area (Å²) in [4.78, 5) is 105. The van der Waals surface area contributed by atoms with Crippen molar-refractivity contribution >= 4 is 138 Å². The van der Waals surface area contributed by atoms with E-state index in [0.717, 1.165) is 60.0 Å². The van der Waals surface area contributed by atoms with Gasteiger partial charge in [0, 0.05) is 94.9 Å². The molecule has 0 saturated heterocycles. The summed E-state index contributed by atoms with van der Waals surface area (Å²) in [6, 6.07) is 47.3. The minimum atomic E-state index is -5.01. The second-order valence-corrected chi connectivity index (χ2v) is 43.1. The number of nitriles is 4. The Balaban J connectivity index is 0.000000176. The lowest BCUT2D eigenvalue weighted by Crippen LogP contribution is -2.37. The summed E-state index contributed by atoms with van der Waals surface area (Å²) < 4.78 is 212. The van der Waals surface area contributed by atoms with Crippen LogP contribution >= 0.6 is 23.1 Å². The van der Waals surface area contributed by atoms with E-state index in [-0.39, 0.29) is 123 Å². The van der Waals surface area contributed by atoms with Crippen LogP contribution in [-0.2, 0) is 58.1 Å². The van der Waals surface area contributed by atoms with Gasteiger partial charge in [-0.05, 0) is 124 Å². The minimum Gasteiger partial charge on any atom is -0.456 e. The number of ether oxygens (including phenoxy) is 3. The number of aromatic nitrogens is 11. The molecule has 8 N–H and O–H groups in total. The number of aromatic amines is 3. The minimum absolute atomic E-state index is 0.0359. The zero-order valence-corrected chi connectivity index (χ0v) is 84.8. The number of allylic oxidation sites excluding steroid dienone is 1. The van der Waals surface area contributed by atoms with Crippen LogP contribution < -0.4 is 55.5 Å². The van der Waals surface area contributed by atoms with Gasteiger partial charge < -0.3 is 38.8 Å². The molecule has 1 aliphatic heterocycles. The van der Waals surface area contributed by atoms with Gasteiger partial charge in [-0.15, -0.1) is 20.4 Å². The highest BCUT2D eigenvalue weighted by Gasteiger charge is 2.52. The van der Waals surface area contributed by atoms with Gasteiger partial charge in [-0.25, -0.2) is 75.7 Å². The third-order valence-corrected chi connectivity index (χ3v) is 24.9. The number of urea groups is 1. The van der Waals surface area contributed by atoms with Gasteiger partial charge in [0.2, 0.25) is 51.9 Å². The Morgan fingerprint density at radius 2 is 1.12 bits per heavy atom. The van der Waals surface area contributed by atoms with Crippen molar-refractivity contribution in [1.82, 2.24) is 67.6 Å². The molecule has 146 heavy (non-hydrogen) atoms. The lowest BCUT2D eigenvalue weighted by atomic mass is 9.97. The summed E-state index contributed by atoms with van der Waals surface area (Å²) in [6.45, 7) is 9.61. The van der Waals surface area contributed by atoms with E-state index in [1.165, 1.54) is 118 Å². The first kappa shape index (κ1) is 108. The maximum atomic E-state index is 14.7. The summed E-state index contributed by atoms with van der Waals surface area (Å²) >= 11 is 1.72. The van der Waals surface area contributed by atoms with Gasteiger partial charge in [0.15, 0.2) is 27.3 Å². The molecule has 0 fully saturated rings. The van der Waals surface area contributed by atoms with Crippen LogP contribution in [-0.4, -0.2) is 204 Å². The van der Waals surface area contributed by atoms with Crippen molar-refractivity contribution in [3.05, 3.63) is 238 Å². The number of hydroxylamine groups is 2. The molecule has 0 saturated carbocycles. The Hall–Kier alpha value is -16.5. The van der Waals surface area contributed by atoms with Crippen LogP contribution in [0.1, 0.15) is 99.4 Å². The zero-order valence-electron chi connectivity index (χ0n) is 79.9. The SMILES string of the molecule is CCC(=O)c1ccc(Oc2c(-c3ccccc3)c(C#N)c3[nH]c(-c4cc(NS(C)(=O)=O)cc(NS(C)(=O)=O)c4)c(C)c(=O)n23)cc1.CN(C)C(=O)Oc1c(-c2cccc(NS(C)(=O)=O)c2)c(C#N)n2c(=O)n(C)c(=O)[nH]c12.CN(C)Oc1c(C(F)(F)F)c(C(=O)OC(C)(C)C)c2[nH]c(-c3ccccc3)c(-c3cccc(NS(C)(=O)=O)c3)n12.Cc1nnc(SC2=C(C(F)(F)F)C(C#N)c3c(C#N)c(NC(=O)N(C)C)nn32)s1. The summed E-state index contributed by atoms with van der Waals surface area (Å²) in [6.07, 6.45) is -6.47. The highest BCUT2D eigenvalue weighted by molar-refractivity contribution is 8.09. The Morgan fingerprint density at radius 3 is 1.61 bits per heavy atom. The molecule has 0 bridgehead atoms. The molecular formula is C92H87F6N23O19S6. The number of sulfonamides is 4. The third-order valence-electron chi connectivity index (χ3n) is 20.5. The second kappa shape index (κ2) is 42.2. The van der Waals surface area contributed by atoms with Crippen LogP contribution in [0.3, 0.4) is 0 Å². The van der Waals surface area contributed by atoms with Gasteiger partial charge in [0.05, 0.1) is 81.9 Å². The lowest BCUT2D eigenvalue weighted by molar-refractivity contribution is -0.142. The number of ketones is 1. The van der Waals surface area contributed by atoms with Crippen molar-refractivity contribution in [2.45, 2.75) is 76.2 Å². The standard InChI is InChI=1S/C32H29N5O7S2.C27H29F3N4O5S.C18H18N6O6S.C15H11F3N8OS2/c1-5-27(38)20-11-13-25(14-12-20)44-32-28(21-9-7-6-8-10-21)26(18-33)30-34-29(19(2)31(39)37(30)32)22-15-23(35-45(3,40)41)17-24(16-22)36-46(4,42)43;1-26(2,3)38-25(35)19-20(27(28,29)30)24(39-33(4)5)34-22(17-13-10-14-18(15-17)32-40(6,36)37)21(31-23(19)34)16-11-8-7-9-12-16;1-22(2)18(27)30-14-13(10-6-5-7-11(8-10)21-31(4,28)29)12(9-19)24-15(14)20-16(25)23(3)17(24)26;1-6-22-23-14(28-6)29-12-9(15(16,17)18)7(4-19)10-8(5-20)11(24-26(10)12)21-13(27)25(2)3/h6-17,34-36H,5H2,1-4H3;7-15,31-32H,1-6H3;5-8,21H,1-4H3,(H,20,25);7H,1-3H3,(H,21,24,27). The number of esters is 1. The van der Waals surface area contributed by atoms with Crippen molar-refractivity contribution in [1.29, 1.82) is 21.0 Å². The lowest BCUT2D eigenvalue weighted by Gasteiger charge is -2.20. The number of hydrogen-bond acceptors (Lipinski definition) is 29. The number of aryl methyl sites for hydroxylation is 1. The molecule has 14 aromatic rings. The van der Waals surface area contributed by atoms with E-state index in [0.29, 0.717) is 62.5 Å². The van der Waals surface area contributed by atoms with Crippen LogP contribution in [0.2, 0.25) is 0 Å². The van der Waals surface area contributed by atoms with E-state index < -0.39 is 127 Å². The summed E-state index contributed by atoms with van der Waals surface area (Å²) in [5.41, 5.74) is -2.98.